The molecule has 1 amide bonds. The Morgan fingerprint density at radius 2 is 1.56 bits per heavy atom. The molecule has 6 aliphatic rings. The van der Waals surface area contributed by atoms with Crippen molar-refractivity contribution in [3.8, 4) is 0 Å². The Hall–Kier alpha value is -2.17. The van der Waals surface area contributed by atoms with Gasteiger partial charge in [-0.25, -0.2) is 4.79 Å². The van der Waals surface area contributed by atoms with Gasteiger partial charge in [0.1, 0.15) is 17.9 Å². The lowest BCUT2D eigenvalue weighted by atomic mass is 9.72. The number of carboxylic acids is 1. The van der Waals surface area contributed by atoms with Crippen LogP contribution in [0.2, 0.25) is 0 Å². The summed E-state index contributed by atoms with van der Waals surface area (Å²) in [6.07, 6.45) is 6.75. The molecule has 354 valence electrons. The maximum absolute atomic E-state index is 14.7. The Bertz CT molecular complexity index is 1590. The van der Waals surface area contributed by atoms with Crippen LogP contribution in [0.4, 0.5) is 4.79 Å². The van der Waals surface area contributed by atoms with E-state index >= 15 is 0 Å². The number of ether oxygens (including phenoxy) is 7. The van der Waals surface area contributed by atoms with Crippen molar-refractivity contribution in [2.24, 2.45) is 41.4 Å². The molecule has 18 atom stereocenters. The van der Waals surface area contributed by atoms with Crippen LogP contribution in [-0.2, 0) is 42.7 Å². The lowest BCUT2D eigenvalue weighted by molar-refractivity contribution is -0.398. The van der Waals surface area contributed by atoms with Crippen molar-refractivity contribution in [2.75, 3.05) is 13.2 Å². The van der Waals surface area contributed by atoms with E-state index in [1.807, 2.05) is 53.7 Å². The van der Waals surface area contributed by atoms with E-state index in [9.17, 15) is 29.7 Å². The Kier molecular flexibility index (Phi) is 15.7. The third-order valence-corrected chi connectivity index (χ3v) is 16.2. The monoisotopic (exact) mass is 878 g/mol. The molecule has 0 bridgehead atoms. The van der Waals surface area contributed by atoms with Crippen molar-refractivity contribution >= 4 is 17.8 Å². The third-order valence-electron chi connectivity index (χ3n) is 16.2. The number of Topliss-reactive ketones (excluding diaryl/α,β-unsaturated/α-hetero) is 1. The van der Waals surface area contributed by atoms with Gasteiger partial charge in [0.25, 0.3) is 0 Å². The second-order valence-electron chi connectivity index (χ2n) is 20.3. The molecule has 0 aromatic carbocycles. The van der Waals surface area contributed by atoms with Crippen LogP contribution in [0.3, 0.4) is 0 Å². The molecule has 14 nitrogen and oxygen atoms in total. The lowest BCUT2D eigenvalue weighted by Crippen LogP contribution is -2.66. The minimum Gasteiger partial charge on any atom is -0.481 e. The van der Waals surface area contributed by atoms with Gasteiger partial charge in [-0.15, -0.1) is 0 Å². The number of carboxylic acid groups (broad SMARTS) is 1. The van der Waals surface area contributed by atoms with E-state index in [-0.39, 0.29) is 35.7 Å². The standard InChI is InChI=1S/C48H79NO13/c1-11-34(43(52)53)36-15-14-27(4)41(59-36)31(8)39(50)30(7)40(51)35(12-2)42-28(5)26-29(6)47(60-42)21-16-37(49-44(54)58-33-18-24-56-25-19-33)48(62-47)23-22-45(10,61-48)38-17-20-46(55,13-3)32(9)57-38/h16,21,27-39,41-42,50,55H,11-15,17-20,22-26H2,1-10H3,(H,49,54)(H,52,53)/t27-,28-,29+,30-,31-,32-,34?,35?,36+,37+,38+,39+,41+,42-,45-,46+,47-,48-/m0/s1. The second-order valence-corrected chi connectivity index (χ2v) is 20.3. The molecule has 5 saturated heterocycles. The number of hydrogen-bond acceptors (Lipinski definition) is 12. The van der Waals surface area contributed by atoms with E-state index in [0.717, 1.165) is 6.42 Å². The summed E-state index contributed by atoms with van der Waals surface area (Å²) in [5.41, 5.74) is -1.74. The molecule has 0 radical (unpaired) electrons. The number of amides is 1. The van der Waals surface area contributed by atoms with Crippen molar-refractivity contribution in [1.82, 2.24) is 5.32 Å². The number of hydrogen-bond donors (Lipinski definition) is 4. The fourth-order valence-corrected chi connectivity index (χ4v) is 11.8. The van der Waals surface area contributed by atoms with E-state index in [4.69, 9.17) is 33.2 Å². The van der Waals surface area contributed by atoms with Crippen molar-refractivity contribution in [1.29, 1.82) is 0 Å². The van der Waals surface area contributed by atoms with Crippen LogP contribution in [0.1, 0.15) is 146 Å². The zero-order valence-corrected chi connectivity index (χ0v) is 39.1. The molecular weight excluding hydrogens is 799 g/mol. The molecular formula is C48H79NO13. The second kappa shape index (κ2) is 19.7. The first-order chi connectivity index (χ1) is 29.3. The largest absolute Gasteiger partial charge is 0.481 e. The Morgan fingerprint density at radius 1 is 0.871 bits per heavy atom. The van der Waals surface area contributed by atoms with Crippen LogP contribution in [0.25, 0.3) is 0 Å². The number of nitrogens with one attached hydrogen (secondary N) is 1. The molecule has 2 spiro atoms. The van der Waals surface area contributed by atoms with Crippen molar-refractivity contribution < 1.29 is 62.9 Å². The third kappa shape index (κ3) is 9.83. The number of aliphatic hydroxyl groups excluding tert-OH is 1. The van der Waals surface area contributed by atoms with Gasteiger partial charge in [0.15, 0.2) is 11.6 Å². The Balaban J connectivity index is 1.23. The summed E-state index contributed by atoms with van der Waals surface area (Å²) in [6.45, 7) is 20.7. The first-order valence-corrected chi connectivity index (χ1v) is 24.1. The van der Waals surface area contributed by atoms with Gasteiger partial charge < -0.3 is 53.8 Å². The predicted octanol–water partition coefficient (Wildman–Crippen LogP) is 7.10. The average Bonchev–Trinajstić information content (AvgIpc) is 3.59. The zero-order valence-electron chi connectivity index (χ0n) is 39.1. The summed E-state index contributed by atoms with van der Waals surface area (Å²) in [6, 6.07) is -0.739. The maximum atomic E-state index is 14.7. The number of alkyl carbamates (subject to hydrolysis) is 1. The molecule has 6 heterocycles. The number of ketones is 1. The Labute approximate surface area is 369 Å². The minimum absolute atomic E-state index is 0.0294. The van der Waals surface area contributed by atoms with Gasteiger partial charge in [-0.2, -0.15) is 0 Å². The van der Waals surface area contributed by atoms with Gasteiger partial charge in [0, 0.05) is 42.9 Å². The fraction of sp³-hybridized carbons (Fsp3) is 0.896. The summed E-state index contributed by atoms with van der Waals surface area (Å²) < 4.78 is 45.9. The van der Waals surface area contributed by atoms with Crippen molar-refractivity contribution in [2.45, 2.75) is 218 Å². The van der Waals surface area contributed by atoms with Crippen LogP contribution in [0.15, 0.2) is 12.2 Å². The van der Waals surface area contributed by atoms with E-state index < -0.39 is 95.1 Å². The number of carbonyl (C=O) groups is 3. The van der Waals surface area contributed by atoms with E-state index in [1.165, 1.54) is 0 Å². The minimum atomic E-state index is -1.38. The Morgan fingerprint density at radius 3 is 2.19 bits per heavy atom. The highest BCUT2D eigenvalue weighted by Crippen LogP contribution is 2.54. The van der Waals surface area contributed by atoms with Crippen LogP contribution < -0.4 is 5.32 Å². The average molecular weight is 878 g/mol. The first-order valence-electron chi connectivity index (χ1n) is 24.1. The summed E-state index contributed by atoms with van der Waals surface area (Å²) in [5, 5.41) is 36.0. The van der Waals surface area contributed by atoms with Gasteiger partial charge in [-0.3, -0.25) is 9.59 Å². The zero-order chi connectivity index (χ0) is 45.4. The van der Waals surface area contributed by atoms with E-state index in [2.05, 4.69) is 26.1 Å². The molecule has 6 rings (SSSR count). The van der Waals surface area contributed by atoms with Crippen LogP contribution in [-0.4, -0.2) is 118 Å². The SMILES string of the molecule is CCC(C(=O)[C@@H](C)[C@@H](O)[C@H](C)[C@@H]1O[C@@H](C(CC)C(=O)O)CC[C@@H]1C)[C@H]1O[C@]2(C=C[C@@H](NC(=O)OC3CCOCC3)[C@]3(CC[C@@](C)([C@H]4CC[C@](O)(CC)[C@H](C)O4)O3)O2)[C@H](C)C[C@@H]1C. The summed E-state index contributed by atoms with van der Waals surface area (Å²) in [7, 11) is 0. The lowest BCUT2D eigenvalue weighted by Gasteiger charge is -2.55. The highest BCUT2D eigenvalue weighted by molar-refractivity contribution is 5.84. The molecule has 4 N–H and O–H groups in total. The van der Waals surface area contributed by atoms with Crippen LogP contribution in [0.5, 0.6) is 0 Å². The van der Waals surface area contributed by atoms with Crippen molar-refractivity contribution in [3.05, 3.63) is 12.2 Å². The van der Waals surface area contributed by atoms with Crippen LogP contribution in [0, 0.1) is 41.4 Å². The molecule has 0 aromatic rings. The number of carbonyl (C=O) groups excluding carboxylic acids is 2. The van der Waals surface area contributed by atoms with E-state index in [1.54, 1.807) is 6.92 Å². The summed E-state index contributed by atoms with van der Waals surface area (Å²) in [4.78, 5) is 40.3. The molecule has 0 aromatic heterocycles. The van der Waals surface area contributed by atoms with Crippen molar-refractivity contribution in [3.63, 3.8) is 0 Å². The van der Waals surface area contributed by atoms with Crippen LogP contribution >= 0.6 is 0 Å². The number of aliphatic carboxylic acids is 1. The fourth-order valence-electron chi connectivity index (χ4n) is 11.8. The highest BCUT2D eigenvalue weighted by Gasteiger charge is 2.63. The van der Waals surface area contributed by atoms with Gasteiger partial charge in [0.05, 0.1) is 67.0 Å². The topological polar surface area (TPSA) is 189 Å². The van der Waals surface area contributed by atoms with Gasteiger partial charge in [-0.1, -0.05) is 61.5 Å². The molecule has 14 heteroatoms. The molecule has 6 aliphatic heterocycles. The molecule has 62 heavy (non-hydrogen) atoms. The predicted molar refractivity (Wildman–Crippen MR) is 230 cm³/mol. The maximum Gasteiger partial charge on any atom is 0.408 e. The van der Waals surface area contributed by atoms with E-state index in [0.29, 0.717) is 83.8 Å². The summed E-state index contributed by atoms with van der Waals surface area (Å²) in [5.74, 6) is -6.12. The molecule has 2 unspecified atom stereocenters. The quantitative estimate of drug-likeness (QED) is 0.130. The van der Waals surface area contributed by atoms with Gasteiger partial charge in [-0.05, 0) is 89.5 Å². The first kappa shape index (κ1) is 49.3. The molecule has 0 saturated carbocycles. The summed E-state index contributed by atoms with van der Waals surface area (Å²) >= 11 is 0. The van der Waals surface area contributed by atoms with Gasteiger partial charge >= 0.3 is 12.1 Å². The highest BCUT2D eigenvalue weighted by atomic mass is 16.8. The smallest absolute Gasteiger partial charge is 0.408 e. The normalized spacial score (nSPS) is 42.8. The number of aliphatic hydroxyl groups is 2. The number of rotatable bonds is 14. The molecule has 5 fully saturated rings. The molecule has 0 aliphatic carbocycles. The van der Waals surface area contributed by atoms with Gasteiger partial charge in [0.2, 0.25) is 0 Å².